The Morgan fingerprint density at radius 2 is 1.49 bits per heavy atom. The van der Waals surface area contributed by atoms with E-state index in [1.54, 1.807) is 30.3 Å². The van der Waals surface area contributed by atoms with Gasteiger partial charge in [0.1, 0.15) is 24.0 Å². The van der Waals surface area contributed by atoms with Crippen LogP contribution in [-0.2, 0) is 9.59 Å². The van der Waals surface area contributed by atoms with Gasteiger partial charge in [-0.05, 0) is 61.0 Å². The number of nitrogens with zero attached hydrogens (tertiary/aromatic N) is 6. The number of hydrogen-bond acceptors (Lipinski definition) is 10. The molecule has 0 bridgehead atoms. The van der Waals surface area contributed by atoms with Crippen LogP contribution in [-0.4, -0.2) is 115 Å². The Morgan fingerprint density at radius 3 is 2.14 bits per heavy atom. The number of nitriles is 1. The third-order valence-electron chi connectivity index (χ3n) is 12.8. The molecule has 4 fully saturated rings. The van der Waals surface area contributed by atoms with Crippen LogP contribution in [0.15, 0.2) is 60.7 Å². The van der Waals surface area contributed by atoms with Gasteiger partial charge in [0.2, 0.25) is 5.91 Å². The molecule has 57 heavy (non-hydrogen) atoms. The lowest BCUT2D eigenvalue weighted by Gasteiger charge is -2.63. The quantitative estimate of drug-likeness (QED) is 0.322. The van der Waals surface area contributed by atoms with Gasteiger partial charge in [0.05, 0.1) is 21.7 Å². The maximum absolute atomic E-state index is 13.5. The zero-order valence-electron chi connectivity index (χ0n) is 32.8. The van der Waals surface area contributed by atoms with Crippen LogP contribution in [0.4, 0.5) is 11.4 Å². The van der Waals surface area contributed by atoms with Crippen molar-refractivity contribution < 1.29 is 28.7 Å². The van der Waals surface area contributed by atoms with Crippen molar-refractivity contribution >= 4 is 52.5 Å². The first-order valence-corrected chi connectivity index (χ1v) is 19.8. The number of rotatable bonds is 8. The third kappa shape index (κ3) is 6.48. The normalized spacial score (nSPS) is 24.5. The topological polar surface area (TPSA) is 147 Å². The van der Waals surface area contributed by atoms with Gasteiger partial charge in [-0.25, -0.2) is 0 Å². The Kier molecular flexibility index (Phi) is 9.56. The second-order valence-corrected chi connectivity index (χ2v) is 17.4. The molecule has 0 radical (unpaired) electrons. The molecule has 5 amide bonds. The molecule has 4 aliphatic heterocycles. The van der Waals surface area contributed by atoms with E-state index < -0.39 is 23.8 Å². The van der Waals surface area contributed by atoms with Crippen LogP contribution in [0, 0.1) is 22.2 Å². The largest absolute Gasteiger partial charge is 0.489 e. The summed E-state index contributed by atoms with van der Waals surface area (Å²) in [6.45, 7) is 13.4. The lowest BCUT2D eigenvalue weighted by Crippen LogP contribution is -2.74. The molecule has 1 saturated carbocycles. The van der Waals surface area contributed by atoms with Gasteiger partial charge >= 0.3 is 0 Å². The van der Waals surface area contributed by atoms with Gasteiger partial charge in [0.25, 0.3) is 23.6 Å². The maximum Gasteiger partial charge on any atom is 0.262 e. The number of piperidine rings is 1. The first-order chi connectivity index (χ1) is 27.1. The maximum atomic E-state index is 13.5. The first kappa shape index (κ1) is 38.4. The minimum absolute atomic E-state index is 0.108. The Labute approximate surface area is 337 Å². The summed E-state index contributed by atoms with van der Waals surface area (Å²) in [5.41, 5.74) is 2.78. The van der Waals surface area contributed by atoms with Gasteiger partial charge in [-0.1, -0.05) is 39.3 Å². The van der Waals surface area contributed by atoms with Crippen molar-refractivity contribution in [2.45, 2.75) is 64.8 Å². The number of halogens is 1. The van der Waals surface area contributed by atoms with Crippen molar-refractivity contribution in [1.29, 1.82) is 5.26 Å². The van der Waals surface area contributed by atoms with Crippen LogP contribution in [0.5, 0.6) is 5.75 Å². The highest BCUT2D eigenvalue weighted by atomic mass is 35.5. The summed E-state index contributed by atoms with van der Waals surface area (Å²) in [6, 6.07) is 19.5. The van der Waals surface area contributed by atoms with Crippen molar-refractivity contribution in [2.75, 3.05) is 56.1 Å². The van der Waals surface area contributed by atoms with Gasteiger partial charge in [0, 0.05) is 98.7 Å². The number of imide groups is 2. The second-order valence-electron chi connectivity index (χ2n) is 17.0. The van der Waals surface area contributed by atoms with E-state index in [0.29, 0.717) is 33.5 Å². The van der Waals surface area contributed by atoms with Gasteiger partial charge in [0.15, 0.2) is 0 Å². The predicted molar refractivity (Wildman–Crippen MR) is 213 cm³/mol. The van der Waals surface area contributed by atoms with Gasteiger partial charge < -0.3 is 19.9 Å². The van der Waals surface area contributed by atoms with Gasteiger partial charge in [-0.3, -0.25) is 38.7 Å². The molecule has 1 atom stereocenters. The molecule has 296 valence electrons. The van der Waals surface area contributed by atoms with Crippen LogP contribution < -0.4 is 19.9 Å². The van der Waals surface area contributed by atoms with E-state index in [-0.39, 0.29) is 53.2 Å². The number of likely N-dealkylation sites (N-methyl/N-ethyl adjacent to an activating group) is 1. The summed E-state index contributed by atoms with van der Waals surface area (Å²) in [7, 11) is 1.39. The van der Waals surface area contributed by atoms with Crippen molar-refractivity contribution in [2.24, 2.45) is 10.8 Å². The fraction of sp³-hybridized carbons (Fsp3) is 0.442. The van der Waals surface area contributed by atoms with Crippen molar-refractivity contribution in [3.63, 3.8) is 0 Å². The highest BCUT2D eigenvalue weighted by Gasteiger charge is 2.64. The molecule has 13 nitrogen and oxygen atoms in total. The summed E-state index contributed by atoms with van der Waals surface area (Å²) < 4.78 is 6.37. The summed E-state index contributed by atoms with van der Waals surface area (Å²) in [4.78, 5) is 73.9. The zero-order chi connectivity index (χ0) is 40.6. The Balaban J connectivity index is 0.818. The van der Waals surface area contributed by atoms with Crippen molar-refractivity contribution in [3.8, 4) is 11.8 Å². The standard InChI is InChI=1S/C43H46ClN7O6/c1-42(2)40(43(3,4)41(42)57-30-12-8-26(22-45)33(44)21-30)46-36(53)25-6-9-27(10-7-25)48-16-18-49(19-17-48)29-23-50(24-29)28-11-13-31-32(20-28)38(55)51(37(31)54)34-14-15-35(52)47(5)39(34)56/h6-13,20-21,29,34,40-41H,14-19,23-24H2,1-5H3,(H,46,53). The fourth-order valence-corrected chi connectivity index (χ4v) is 9.95. The molecule has 3 aromatic carbocycles. The molecule has 0 spiro atoms. The molecule has 3 saturated heterocycles. The molecule has 3 aromatic rings. The van der Waals surface area contributed by atoms with Crippen molar-refractivity contribution in [3.05, 3.63) is 87.9 Å². The smallest absolute Gasteiger partial charge is 0.262 e. The number of benzene rings is 3. The summed E-state index contributed by atoms with van der Waals surface area (Å²) in [6.07, 6.45) is 0.0570. The number of anilines is 2. The van der Waals surface area contributed by atoms with Crippen molar-refractivity contribution in [1.82, 2.24) is 20.0 Å². The number of hydrogen-bond donors (Lipinski definition) is 1. The lowest BCUT2D eigenvalue weighted by atomic mass is 9.49. The SMILES string of the molecule is CN1C(=O)CCC(N2C(=O)c3ccc(N4CC(N5CCN(c6ccc(C(=O)NC7C(C)(C)C(Oc8ccc(C#N)c(Cl)c8)C7(C)C)cc6)CC5)C4)cc3C2=O)C1=O. The van der Waals surface area contributed by atoms with Gasteiger partial charge in [-0.2, -0.15) is 5.26 Å². The monoisotopic (exact) mass is 791 g/mol. The van der Waals surface area contributed by atoms with E-state index >= 15 is 0 Å². The van der Waals surface area contributed by atoms with E-state index in [9.17, 15) is 29.2 Å². The molecule has 5 aliphatic rings. The predicted octanol–water partition coefficient (Wildman–Crippen LogP) is 4.58. The molecule has 1 N–H and O–H groups in total. The third-order valence-corrected chi connectivity index (χ3v) is 13.1. The number of carbonyl (C=O) groups is 5. The molecular weight excluding hydrogens is 746 g/mol. The Morgan fingerprint density at radius 1 is 0.842 bits per heavy atom. The first-order valence-electron chi connectivity index (χ1n) is 19.4. The molecule has 4 heterocycles. The van der Waals surface area contributed by atoms with Crippen LogP contribution in [0.2, 0.25) is 5.02 Å². The molecule has 0 aromatic heterocycles. The average Bonchev–Trinajstić information content (AvgIpc) is 3.42. The van der Waals surface area contributed by atoms with Crippen LogP contribution in [0.1, 0.15) is 77.2 Å². The summed E-state index contributed by atoms with van der Waals surface area (Å²) in [5.74, 6) is -1.36. The second kappa shape index (κ2) is 14.2. The Bertz CT molecular complexity index is 2200. The average molecular weight is 792 g/mol. The molecule has 1 aliphatic carbocycles. The molecule has 1 unspecified atom stereocenters. The molecule has 8 rings (SSSR count). The van der Waals surface area contributed by atoms with Crippen LogP contribution >= 0.6 is 11.6 Å². The number of likely N-dealkylation sites (tertiary alicyclic amines) is 1. The number of piperazine rings is 1. The lowest BCUT2D eigenvalue weighted by molar-refractivity contribution is -0.164. The summed E-state index contributed by atoms with van der Waals surface area (Å²) in [5, 5.41) is 12.8. The highest BCUT2D eigenvalue weighted by molar-refractivity contribution is 6.31. The van der Waals surface area contributed by atoms with E-state index in [4.69, 9.17) is 16.3 Å². The minimum atomic E-state index is -0.968. The van der Waals surface area contributed by atoms with E-state index in [2.05, 4.69) is 53.8 Å². The zero-order valence-corrected chi connectivity index (χ0v) is 33.5. The fourth-order valence-electron chi connectivity index (χ4n) is 9.74. The van der Waals surface area contributed by atoms with E-state index in [1.165, 1.54) is 7.05 Å². The number of ether oxygens (including phenoxy) is 1. The van der Waals surface area contributed by atoms with E-state index in [0.717, 1.165) is 60.4 Å². The number of fused-ring (bicyclic) bond motifs is 1. The van der Waals surface area contributed by atoms with Crippen LogP contribution in [0.25, 0.3) is 0 Å². The van der Waals surface area contributed by atoms with E-state index in [1.807, 2.05) is 30.3 Å². The number of carbonyl (C=O) groups excluding carboxylic acids is 5. The highest BCUT2D eigenvalue weighted by Crippen LogP contribution is 2.55. The minimum Gasteiger partial charge on any atom is -0.489 e. The number of amides is 5. The summed E-state index contributed by atoms with van der Waals surface area (Å²) >= 11 is 6.25. The molecule has 14 heteroatoms. The van der Waals surface area contributed by atoms with Gasteiger partial charge in [-0.15, -0.1) is 0 Å². The number of nitrogens with one attached hydrogen (secondary N) is 1. The Hall–Kier alpha value is -5.45. The van der Waals surface area contributed by atoms with Crippen LogP contribution in [0.3, 0.4) is 0 Å². The molecular formula is C43H46ClN7O6.